The summed E-state index contributed by atoms with van der Waals surface area (Å²) in [6, 6.07) is 3.84. The van der Waals surface area contributed by atoms with Gasteiger partial charge in [-0.25, -0.2) is 8.42 Å². The summed E-state index contributed by atoms with van der Waals surface area (Å²) in [5, 5.41) is 2.34. The molecule has 1 aromatic rings. The van der Waals surface area contributed by atoms with E-state index in [1.807, 2.05) is 0 Å². The third kappa shape index (κ3) is 2.84. The van der Waals surface area contributed by atoms with Crippen LogP contribution in [-0.4, -0.2) is 21.4 Å². The molecule has 82 valence electrons. The van der Waals surface area contributed by atoms with Gasteiger partial charge in [-0.05, 0) is 18.2 Å². The fourth-order valence-electron chi connectivity index (χ4n) is 0.976. The summed E-state index contributed by atoms with van der Waals surface area (Å²) < 4.78 is 22.1. The summed E-state index contributed by atoms with van der Waals surface area (Å²) in [5.74, 6) is -0.409. The number of amides is 1. The summed E-state index contributed by atoms with van der Waals surface area (Å²) >= 11 is 5.63. The molecule has 4 nitrogen and oxygen atoms in total. The lowest BCUT2D eigenvalue weighted by Crippen LogP contribution is -2.18. The number of carbonyl (C=O) groups is 1. The van der Waals surface area contributed by atoms with E-state index in [1.54, 1.807) is 0 Å². The number of halogens is 2. The molecule has 0 aliphatic rings. The summed E-state index contributed by atoms with van der Waals surface area (Å²) in [6.45, 7) is 0. The predicted octanol–water partition coefficient (Wildman–Crippen LogP) is 1.63. The Hall–Kier alpha value is -0.780. The summed E-state index contributed by atoms with van der Waals surface area (Å²) in [5.41, 5.74) is 0.182. The van der Waals surface area contributed by atoms with E-state index < -0.39 is 15.0 Å². The largest absolute Gasteiger partial charge is 0.355 e. The van der Waals surface area contributed by atoms with Crippen molar-refractivity contribution in [3.8, 4) is 0 Å². The van der Waals surface area contributed by atoms with Crippen LogP contribution >= 0.6 is 22.3 Å². The second-order valence-corrected chi connectivity index (χ2v) is 5.60. The molecule has 0 unspecified atom stereocenters. The Balaban J connectivity index is 3.36. The zero-order chi connectivity index (χ0) is 11.6. The molecule has 1 aromatic carbocycles. The average molecular weight is 268 g/mol. The van der Waals surface area contributed by atoms with Crippen LogP contribution in [0.2, 0.25) is 5.02 Å². The number of carbonyl (C=O) groups excluding carboxylic acids is 1. The van der Waals surface area contributed by atoms with Crippen LogP contribution in [-0.2, 0) is 9.05 Å². The Kier molecular flexibility index (Phi) is 3.59. The quantitative estimate of drug-likeness (QED) is 0.829. The minimum Gasteiger partial charge on any atom is -0.355 e. The highest BCUT2D eigenvalue weighted by molar-refractivity contribution is 8.13. The standard InChI is InChI=1S/C8H7Cl2NO3S/c1-11-8(12)5-2-3-6(9)7(4-5)15(10,13)14/h2-4H,1H3,(H,11,12). The minimum atomic E-state index is -3.94. The number of hydrogen-bond donors (Lipinski definition) is 1. The Labute approximate surface area is 96.6 Å². The first-order valence-electron chi connectivity index (χ1n) is 3.82. The molecule has 0 aliphatic heterocycles. The number of nitrogens with one attached hydrogen (secondary N) is 1. The number of hydrogen-bond acceptors (Lipinski definition) is 3. The zero-order valence-corrected chi connectivity index (χ0v) is 9.95. The second kappa shape index (κ2) is 4.38. The lowest BCUT2D eigenvalue weighted by molar-refractivity contribution is 0.0963. The Bertz CT molecular complexity index is 499. The molecule has 7 heteroatoms. The molecule has 0 radical (unpaired) electrons. The van der Waals surface area contributed by atoms with Gasteiger partial charge >= 0.3 is 0 Å². The predicted molar refractivity (Wildman–Crippen MR) is 57.9 cm³/mol. The highest BCUT2D eigenvalue weighted by Crippen LogP contribution is 2.25. The lowest BCUT2D eigenvalue weighted by Gasteiger charge is -2.03. The molecule has 0 fully saturated rings. The fraction of sp³-hybridized carbons (Fsp3) is 0.125. The van der Waals surface area contributed by atoms with Gasteiger partial charge in [-0.3, -0.25) is 4.79 Å². The molecule has 0 aliphatic carbocycles. The van der Waals surface area contributed by atoms with E-state index in [1.165, 1.54) is 19.2 Å². The second-order valence-electron chi connectivity index (χ2n) is 2.66. The van der Waals surface area contributed by atoms with Gasteiger partial charge in [-0.2, -0.15) is 0 Å². The van der Waals surface area contributed by atoms with Crippen LogP contribution in [0, 0.1) is 0 Å². The topological polar surface area (TPSA) is 63.2 Å². The maximum Gasteiger partial charge on any atom is 0.262 e. The van der Waals surface area contributed by atoms with Crippen molar-refractivity contribution in [2.45, 2.75) is 4.90 Å². The van der Waals surface area contributed by atoms with Crippen LogP contribution in [0.25, 0.3) is 0 Å². The van der Waals surface area contributed by atoms with Gasteiger partial charge in [0.2, 0.25) is 0 Å². The first kappa shape index (κ1) is 12.3. The van der Waals surface area contributed by atoms with Crippen molar-refractivity contribution in [2.24, 2.45) is 0 Å². The molecule has 0 atom stereocenters. The van der Waals surface area contributed by atoms with Crippen molar-refractivity contribution in [3.63, 3.8) is 0 Å². The van der Waals surface area contributed by atoms with E-state index >= 15 is 0 Å². The zero-order valence-electron chi connectivity index (χ0n) is 7.62. The van der Waals surface area contributed by atoms with Gasteiger partial charge in [0.05, 0.1) is 5.02 Å². The molecule has 1 N–H and O–H groups in total. The Morgan fingerprint density at radius 1 is 1.40 bits per heavy atom. The number of benzene rings is 1. The maximum atomic E-state index is 11.2. The SMILES string of the molecule is CNC(=O)c1ccc(Cl)c(S(=O)(=O)Cl)c1. The van der Waals surface area contributed by atoms with E-state index in [2.05, 4.69) is 5.32 Å². The summed E-state index contributed by atoms with van der Waals surface area (Å²) in [4.78, 5) is 10.9. The van der Waals surface area contributed by atoms with E-state index in [9.17, 15) is 13.2 Å². The molecule has 0 aromatic heterocycles. The fourth-order valence-corrected chi connectivity index (χ4v) is 2.47. The van der Waals surface area contributed by atoms with Crippen molar-refractivity contribution in [3.05, 3.63) is 28.8 Å². The minimum absolute atomic E-state index is 0.0161. The van der Waals surface area contributed by atoms with Gasteiger partial charge in [0.1, 0.15) is 4.90 Å². The molecule has 0 saturated carbocycles. The van der Waals surface area contributed by atoms with Crippen LogP contribution in [0.4, 0.5) is 0 Å². The van der Waals surface area contributed by atoms with E-state index in [0.29, 0.717) is 0 Å². The average Bonchev–Trinajstić information content (AvgIpc) is 2.15. The van der Waals surface area contributed by atoms with Crippen molar-refractivity contribution < 1.29 is 13.2 Å². The summed E-state index contributed by atoms with van der Waals surface area (Å²) in [6.07, 6.45) is 0. The molecule has 0 saturated heterocycles. The molecule has 0 bridgehead atoms. The van der Waals surface area contributed by atoms with Crippen LogP contribution in [0.3, 0.4) is 0 Å². The Morgan fingerprint density at radius 2 is 2.00 bits per heavy atom. The normalized spacial score (nSPS) is 11.1. The maximum absolute atomic E-state index is 11.2. The van der Waals surface area contributed by atoms with Gasteiger partial charge in [0, 0.05) is 23.3 Å². The first-order valence-corrected chi connectivity index (χ1v) is 6.51. The highest BCUT2D eigenvalue weighted by atomic mass is 35.7. The molecular formula is C8H7Cl2NO3S. The van der Waals surface area contributed by atoms with Crippen molar-refractivity contribution in [2.75, 3.05) is 7.05 Å². The summed E-state index contributed by atoms with van der Waals surface area (Å²) in [7, 11) is 2.64. The van der Waals surface area contributed by atoms with E-state index in [4.69, 9.17) is 22.3 Å². The molecule has 1 amide bonds. The van der Waals surface area contributed by atoms with Gasteiger partial charge in [-0.1, -0.05) is 11.6 Å². The first-order chi connectivity index (χ1) is 6.86. The smallest absolute Gasteiger partial charge is 0.262 e. The van der Waals surface area contributed by atoms with Crippen molar-refractivity contribution in [1.29, 1.82) is 0 Å². The lowest BCUT2D eigenvalue weighted by atomic mass is 10.2. The third-order valence-corrected chi connectivity index (χ3v) is 3.49. The van der Waals surface area contributed by atoms with Crippen molar-refractivity contribution >= 4 is 37.2 Å². The van der Waals surface area contributed by atoms with Gasteiger partial charge in [-0.15, -0.1) is 0 Å². The molecule has 0 spiro atoms. The van der Waals surface area contributed by atoms with E-state index in [0.717, 1.165) is 6.07 Å². The molecule has 0 heterocycles. The Morgan fingerprint density at radius 3 is 2.47 bits per heavy atom. The monoisotopic (exact) mass is 267 g/mol. The molecule has 1 rings (SSSR count). The van der Waals surface area contributed by atoms with Crippen LogP contribution in [0.1, 0.15) is 10.4 Å². The van der Waals surface area contributed by atoms with Crippen LogP contribution in [0.15, 0.2) is 23.1 Å². The van der Waals surface area contributed by atoms with Crippen LogP contribution < -0.4 is 5.32 Å². The van der Waals surface area contributed by atoms with Gasteiger partial charge in [0.15, 0.2) is 0 Å². The van der Waals surface area contributed by atoms with Crippen molar-refractivity contribution in [1.82, 2.24) is 5.32 Å². The highest BCUT2D eigenvalue weighted by Gasteiger charge is 2.17. The van der Waals surface area contributed by atoms with Gasteiger partial charge < -0.3 is 5.32 Å². The van der Waals surface area contributed by atoms with Gasteiger partial charge in [0.25, 0.3) is 15.0 Å². The number of rotatable bonds is 2. The molecule has 15 heavy (non-hydrogen) atoms. The van der Waals surface area contributed by atoms with Crippen LogP contribution in [0.5, 0.6) is 0 Å². The molecular weight excluding hydrogens is 261 g/mol. The van der Waals surface area contributed by atoms with E-state index in [-0.39, 0.29) is 15.5 Å². The third-order valence-electron chi connectivity index (χ3n) is 1.68.